The molecule has 3 aromatic rings. The zero-order valence-electron chi connectivity index (χ0n) is 15.3. The molecule has 2 N–H and O–H groups in total. The molecule has 6 nitrogen and oxygen atoms in total. The molecule has 2 aromatic carbocycles. The Hall–Kier alpha value is -3.28. The zero-order valence-corrected chi connectivity index (χ0v) is 15.3. The predicted molar refractivity (Wildman–Crippen MR) is 102 cm³/mol. The van der Waals surface area contributed by atoms with Gasteiger partial charge in [-0.05, 0) is 18.6 Å². The number of ether oxygens (including phenoxy) is 2. The van der Waals surface area contributed by atoms with E-state index in [-0.39, 0.29) is 11.8 Å². The van der Waals surface area contributed by atoms with Crippen molar-refractivity contribution in [2.75, 3.05) is 12.4 Å². The lowest BCUT2D eigenvalue weighted by Gasteiger charge is -2.25. The van der Waals surface area contributed by atoms with Crippen molar-refractivity contribution >= 4 is 11.7 Å². The number of hydrogen-bond donors (Lipinski definition) is 2. The average molecular weight is 363 g/mol. The number of carbonyl (C=O) groups excluding carboxylic acids is 1. The van der Waals surface area contributed by atoms with E-state index in [1.54, 1.807) is 7.11 Å². The van der Waals surface area contributed by atoms with Crippen molar-refractivity contribution in [3.05, 3.63) is 70.9 Å². The van der Waals surface area contributed by atoms with E-state index in [0.717, 1.165) is 22.4 Å². The molecule has 0 aliphatic carbocycles. The van der Waals surface area contributed by atoms with Crippen molar-refractivity contribution in [1.82, 2.24) is 10.2 Å². The molecule has 1 aliphatic heterocycles. The summed E-state index contributed by atoms with van der Waals surface area (Å²) in [6.45, 7) is 2.38. The first-order valence-electron chi connectivity index (χ1n) is 8.85. The minimum absolute atomic E-state index is 0.0594. The third-order valence-corrected chi connectivity index (χ3v) is 4.82. The minimum Gasteiger partial charge on any atom is -0.493 e. The summed E-state index contributed by atoms with van der Waals surface area (Å²) in [6, 6.07) is 15.7. The summed E-state index contributed by atoms with van der Waals surface area (Å²) >= 11 is 0. The van der Waals surface area contributed by atoms with E-state index in [1.807, 2.05) is 55.5 Å². The van der Waals surface area contributed by atoms with E-state index in [0.29, 0.717) is 30.3 Å². The maximum atomic E-state index is 12.2. The number of hydrogen-bond acceptors (Lipinski definition) is 4. The Morgan fingerprint density at radius 1 is 1.15 bits per heavy atom. The summed E-state index contributed by atoms with van der Waals surface area (Å²) in [5.41, 5.74) is 3.92. The molecule has 1 aromatic heterocycles. The van der Waals surface area contributed by atoms with Gasteiger partial charge in [0.25, 0.3) is 0 Å². The van der Waals surface area contributed by atoms with Crippen LogP contribution in [-0.2, 0) is 11.4 Å². The van der Waals surface area contributed by atoms with E-state index in [2.05, 4.69) is 15.5 Å². The monoisotopic (exact) mass is 363 g/mol. The van der Waals surface area contributed by atoms with Crippen molar-refractivity contribution in [2.24, 2.45) is 0 Å². The normalized spacial score (nSPS) is 15.8. The third-order valence-electron chi connectivity index (χ3n) is 4.82. The fourth-order valence-electron chi connectivity index (χ4n) is 3.55. The van der Waals surface area contributed by atoms with Crippen molar-refractivity contribution in [3.8, 4) is 11.5 Å². The molecule has 1 aliphatic rings. The Morgan fingerprint density at radius 3 is 2.74 bits per heavy atom. The number of methoxy groups -OCH3 is 1. The van der Waals surface area contributed by atoms with Gasteiger partial charge in [-0.15, -0.1) is 0 Å². The number of carbonyl (C=O) groups is 1. The van der Waals surface area contributed by atoms with Gasteiger partial charge in [-0.1, -0.05) is 42.5 Å². The van der Waals surface area contributed by atoms with Crippen LogP contribution in [0.5, 0.6) is 11.5 Å². The molecule has 0 spiro atoms. The number of aromatic nitrogens is 2. The molecule has 2 heterocycles. The van der Waals surface area contributed by atoms with Crippen LogP contribution in [0, 0.1) is 6.92 Å². The molecule has 0 fully saturated rings. The molecule has 0 radical (unpaired) electrons. The molecule has 1 amide bonds. The molecule has 1 atom stereocenters. The van der Waals surface area contributed by atoms with Gasteiger partial charge in [0.15, 0.2) is 17.3 Å². The minimum atomic E-state index is -0.145. The van der Waals surface area contributed by atoms with Crippen LogP contribution in [0.15, 0.2) is 48.5 Å². The van der Waals surface area contributed by atoms with Crippen LogP contribution < -0.4 is 14.8 Å². The highest BCUT2D eigenvalue weighted by Gasteiger charge is 2.33. The highest BCUT2D eigenvalue weighted by atomic mass is 16.5. The Balaban J connectivity index is 1.75. The standard InChI is InChI=1S/C21H21N3O3/c1-13-19-16(11-18(25)22-21(19)24-23-13)15-9-6-10-17(26-2)20(15)27-12-14-7-4-3-5-8-14/h3-10,16H,11-12H2,1-2H3,(H2,22,23,24,25)/t16-/m1/s1. The van der Waals surface area contributed by atoms with E-state index >= 15 is 0 Å². The number of benzene rings is 2. The summed E-state index contributed by atoms with van der Waals surface area (Å²) in [6.07, 6.45) is 0.336. The maximum Gasteiger partial charge on any atom is 0.226 e. The van der Waals surface area contributed by atoms with Crippen molar-refractivity contribution in [3.63, 3.8) is 0 Å². The van der Waals surface area contributed by atoms with Crippen molar-refractivity contribution < 1.29 is 14.3 Å². The number of H-pyrrole nitrogens is 1. The van der Waals surface area contributed by atoms with E-state index in [9.17, 15) is 4.79 Å². The molecular formula is C21H21N3O3. The number of aromatic amines is 1. The van der Waals surface area contributed by atoms with Crippen molar-refractivity contribution in [1.29, 1.82) is 0 Å². The first-order valence-corrected chi connectivity index (χ1v) is 8.85. The molecular weight excluding hydrogens is 342 g/mol. The predicted octanol–water partition coefficient (Wildman–Crippen LogP) is 3.78. The quantitative estimate of drug-likeness (QED) is 0.723. The Bertz CT molecular complexity index is 966. The van der Waals surface area contributed by atoms with E-state index in [1.165, 1.54) is 0 Å². The second-order valence-electron chi connectivity index (χ2n) is 6.57. The van der Waals surface area contributed by atoms with Gasteiger partial charge in [-0.25, -0.2) is 0 Å². The van der Waals surface area contributed by atoms with Gasteiger partial charge in [0.1, 0.15) is 6.61 Å². The van der Waals surface area contributed by atoms with E-state index in [4.69, 9.17) is 9.47 Å². The smallest absolute Gasteiger partial charge is 0.226 e. The third kappa shape index (κ3) is 3.26. The van der Waals surface area contributed by atoms with Crippen LogP contribution in [0.25, 0.3) is 0 Å². The summed E-state index contributed by atoms with van der Waals surface area (Å²) < 4.78 is 11.7. The van der Waals surface area contributed by atoms with Gasteiger partial charge >= 0.3 is 0 Å². The molecule has 0 saturated carbocycles. The lowest BCUT2D eigenvalue weighted by atomic mass is 9.85. The van der Waals surface area contributed by atoms with Gasteiger partial charge in [0.2, 0.25) is 5.91 Å². The number of amides is 1. The number of nitrogens with zero attached hydrogens (tertiary/aromatic N) is 1. The Morgan fingerprint density at radius 2 is 1.96 bits per heavy atom. The fourth-order valence-corrected chi connectivity index (χ4v) is 3.55. The molecule has 6 heteroatoms. The number of para-hydroxylation sites is 1. The summed E-state index contributed by atoms with van der Waals surface area (Å²) in [7, 11) is 1.62. The van der Waals surface area contributed by atoms with Crippen LogP contribution in [-0.4, -0.2) is 23.2 Å². The average Bonchev–Trinajstić information content (AvgIpc) is 3.06. The van der Waals surface area contributed by atoms with Gasteiger partial charge < -0.3 is 14.8 Å². The van der Waals surface area contributed by atoms with Gasteiger partial charge in [-0.2, -0.15) is 5.10 Å². The molecule has 0 bridgehead atoms. The van der Waals surface area contributed by atoms with Crippen LogP contribution in [0.4, 0.5) is 5.82 Å². The van der Waals surface area contributed by atoms with Gasteiger partial charge in [-0.3, -0.25) is 9.89 Å². The topological polar surface area (TPSA) is 76.2 Å². The molecule has 4 rings (SSSR count). The lowest BCUT2D eigenvalue weighted by Crippen LogP contribution is -2.24. The summed E-state index contributed by atoms with van der Waals surface area (Å²) in [5.74, 6) is 1.70. The van der Waals surface area contributed by atoms with Crippen LogP contribution >= 0.6 is 0 Å². The second-order valence-corrected chi connectivity index (χ2v) is 6.57. The number of rotatable bonds is 5. The van der Waals surface area contributed by atoms with Crippen molar-refractivity contribution in [2.45, 2.75) is 25.9 Å². The number of aryl methyl sites for hydroxylation is 1. The van der Waals surface area contributed by atoms with E-state index < -0.39 is 0 Å². The van der Waals surface area contributed by atoms with Crippen LogP contribution in [0.2, 0.25) is 0 Å². The largest absolute Gasteiger partial charge is 0.493 e. The number of nitrogens with one attached hydrogen (secondary N) is 2. The lowest BCUT2D eigenvalue weighted by molar-refractivity contribution is -0.116. The number of anilines is 1. The first kappa shape index (κ1) is 17.1. The summed E-state index contributed by atoms with van der Waals surface area (Å²) in [5, 5.41) is 10.0. The summed E-state index contributed by atoms with van der Waals surface area (Å²) in [4.78, 5) is 12.2. The SMILES string of the molecule is COc1cccc([C@H]2CC(=O)Nc3n[nH]c(C)c32)c1OCc1ccccc1. The maximum absolute atomic E-state index is 12.2. The highest BCUT2D eigenvalue weighted by Crippen LogP contribution is 2.44. The van der Waals surface area contributed by atoms with Crippen LogP contribution in [0.1, 0.15) is 34.7 Å². The Kier molecular flexibility index (Phi) is 4.54. The van der Waals surface area contributed by atoms with Crippen LogP contribution in [0.3, 0.4) is 0 Å². The Labute approximate surface area is 157 Å². The molecule has 0 unspecified atom stereocenters. The number of fused-ring (bicyclic) bond motifs is 1. The second kappa shape index (κ2) is 7.15. The fraction of sp³-hybridized carbons (Fsp3) is 0.238. The van der Waals surface area contributed by atoms with Gasteiger partial charge in [0.05, 0.1) is 7.11 Å². The zero-order chi connectivity index (χ0) is 18.8. The highest BCUT2D eigenvalue weighted by molar-refractivity contribution is 5.94. The molecule has 27 heavy (non-hydrogen) atoms. The molecule has 138 valence electrons. The van der Waals surface area contributed by atoms with Gasteiger partial charge in [0, 0.05) is 29.2 Å². The first-order chi connectivity index (χ1) is 13.2. The molecule has 0 saturated heterocycles.